The molecule has 0 aromatic carbocycles. The SMILES string of the molecule is O[C@H]1C[C@@]12OCCS2. The molecule has 2 fully saturated rings. The van der Waals surface area contributed by atoms with Crippen LogP contribution < -0.4 is 0 Å². The zero-order chi connectivity index (χ0) is 5.61. The molecule has 0 unspecified atom stereocenters. The number of aliphatic hydroxyl groups excluding tert-OH is 1. The standard InChI is InChI=1S/C5H8O2S/c6-4-3-5(4)7-1-2-8-5/h4,6H,1-3H2/t4-,5-/m0/s1. The number of aliphatic hydroxyl groups is 1. The maximum Gasteiger partial charge on any atom is 0.142 e. The molecule has 2 aliphatic rings. The fourth-order valence-electron chi connectivity index (χ4n) is 0.991. The molecule has 0 aromatic heterocycles. The van der Waals surface area contributed by atoms with Crippen LogP contribution in [0.5, 0.6) is 0 Å². The quantitative estimate of drug-likeness (QED) is 0.511. The van der Waals surface area contributed by atoms with Gasteiger partial charge in [-0.05, 0) is 0 Å². The molecule has 1 aliphatic heterocycles. The minimum Gasteiger partial charge on any atom is -0.389 e. The Balaban J connectivity index is 2.06. The summed E-state index contributed by atoms with van der Waals surface area (Å²) < 4.78 is 5.28. The minimum atomic E-state index is -0.171. The van der Waals surface area contributed by atoms with Gasteiger partial charge in [0.1, 0.15) is 4.93 Å². The minimum absolute atomic E-state index is 0.125. The summed E-state index contributed by atoms with van der Waals surface area (Å²) in [6.07, 6.45) is 0.674. The Morgan fingerprint density at radius 3 is 2.75 bits per heavy atom. The number of hydrogen-bond donors (Lipinski definition) is 1. The van der Waals surface area contributed by atoms with Crippen LogP contribution in [0.2, 0.25) is 0 Å². The highest BCUT2D eigenvalue weighted by molar-refractivity contribution is 8.01. The maximum atomic E-state index is 8.97. The van der Waals surface area contributed by atoms with Crippen molar-refractivity contribution in [3.05, 3.63) is 0 Å². The van der Waals surface area contributed by atoms with Gasteiger partial charge in [0.15, 0.2) is 0 Å². The monoisotopic (exact) mass is 132 g/mol. The average Bonchev–Trinajstić information content (AvgIpc) is 2.29. The summed E-state index contributed by atoms with van der Waals surface area (Å²) in [6, 6.07) is 0. The molecule has 1 saturated heterocycles. The largest absolute Gasteiger partial charge is 0.389 e. The van der Waals surface area contributed by atoms with Crippen LogP contribution in [-0.2, 0) is 4.74 Å². The third kappa shape index (κ3) is 0.522. The molecule has 0 radical (unpaired) electrons. The zero-order valence-electron chi connectivity index (χ0n) is 4.46. The van der Waals surface area contributed by atoms with Gasteiger partial charge in [-0.3, -0.25) is 0 Å². The van der Waals surface area contributed by atoms with E-state index < -0.39 is 0 Å². The van der Waals surface area contributed by atoms with E-state index in [1.807, 2.05) is 0 Å². The fraction of sp³-hybridized carbons (Fsp3) is 1.00. The van der Waals surface area contributed by atoms with Crippen LogP contribution in [0.3, 0.4) is 0 Å². The smallest absolute Gasteiger partial charge is 0.142 e. The predicted molar refractivity (Wildman–Crippen MR) is 31.8 cm³/mol. The van der Waals surface area contributed by atoms with Crippen molar-refractivity contribution in [3.8, 4) is 0 Å². The molecular weight excluding hydrogens is 124 g/mol. The van der Waals surface area contributed by atoms with Gasteiger partial charge in [-0.1, -0.05) is 0 Å². The number of rotatable bonds is 0. The van der Waals surface area contributed by atoms with E-state index in [1.165, 1.54) is 0 Å². The van der Waals surface area contributed by atoms with Gasteiger partial charge in [0.2, 0.25) is 0 Å². The normalized spacial score (nSPS) is 52.9. The van der Waals surface area contributed by atoms with E-state index in [4.69, 9.17) is 9.84 Å². The number of ether oxygens (including phenoxy) is 1. The summed E-state index contributed by atoms with van der Waals surface area (Å²) in [5.74, 6) is 1.05. The summed E-state index contributed by atoms with van der Waals surface area (Å²) in [5.41, 5.74) is 0. The van der Waals surface area contributed by atoms with Crippen molar-refractivity contribution in [2.45, 2.75) is 17.5 Å². The second-order valence-corrected chi connectivity index (χ2v) is 3.62. The molecule has 0 amide bonds. The van der Waals surface area contributed by atoms with E-state index in [9.17, 15) is 0 Å². The molecule has 2 rings (SSSR count). The Morgan fingerprint density at radius 2 is 2.50 bits per heavy atom. The molecule has 8 heavy (non-hydrogen) atoms. The van der Waals surface area contributed by atoms with Gasteiger partial charge in [0.05, 0.1) is 12.7 Å². The molecular formula is C5H8O2S. The highest BCUT2D eigenvalue weighted by atomic mass is 32.2. The molecule has 2 atom stereocenters. The Kier molecular flexibility index (Phi) is 0.892. The lowest BCUT2D eigenvalue weighted by Gasteiger charge is -2.01. The third-order valence-electron chi connectivity index (χ3n) is 1.60. The van der Waals surface area contributed by atoms with Crippen LogP contribution in [0.25, 0.3) is 0 Å². The molecule has 1 saturated carbocycles. The van der Waals surface area contributed by atoms with Crippen LogP contribution in [0, 0.1) is 0 Å². The fourth-order valence-corrected chi connectivity index (χ4v) is 2.14. The second-order valence-electron chi connectivity index (χ2n) is 2.23. The first-order chi connectivity index (χ1) is 3.83. The topological polar surface area (TPSA) is 29.5 Å². The Bertz CT molecular complexity index is 109. The molecule has 1 heterocycles. The summed E-state index contributed by atoms with van der Waals surface area (Å²) in [5, 5.41) is 8.97. The summed E-state index contributed by atoms with van der Waals surface area (Å²) in [6.45, 7) is 0.821. The van der Waals surface area contributed by atoms with Gasteiger partial charge in [-0.15, -0.1) is 11.8 Å². The van der Waals surface area contributed by atoms with Crippen LogP contribution >= 0.6 is 11.8 Å². The first-order valence-corrected chi connectivity index (χ1v) is 3.78. The first-order valence-electron chi connectivity index (χ1n) is 2.79. The van der Waals surface area contributed by atoms with Gasteiger partial charge in [0, 0.05) is 12.2 Å². The lowest BCUT2D eigenvalue weighted by Crippen LogP contribution is -2.06. The molecule has 46 valence electrons. The van der Waals surface area contributed by atoms with Crippen molar-refractivity contribution in [2.24, 2.45) is 0 Å². The number of thioether (sulfide) groups is 1. The molecule has 0 aromatic rings. The van der Waals surface area contributed by atoms with E-state index >= 15 is 0 Å². The number of hydrogen-bond acceptors (Lipinski definition) is 3. The summed E-state index contributed by atoms with van der Waals surface area (Å²) in [7, 11) is 0. The van der Waals surface area contributed by atoms with Gasteiger partial charge < -0.3 is 9.84 Å². The molecule has 0 bridgehead atoms. The van der Waals surface area contributed by atoms with Crippen LogP contribution in [0.1, 0.15) is 6.42 Å². The van der Waals surface area contributed by atoms with Gasteiger partial charge in [0.25, 0.3) is 0 Å². The lowest BCUT2D eigenvalue weighted by atomic mass is 10.7. The summed E-state index contributed by atoms with van der Waals surface area (Å²) >= 11 is 1.75. The molecule has 1 aliphatic carbocycles. The van der Waals surface area contributed by atoms with Gasteiger partial charge in [-0.2, -0.15) is 0 Å². The zero-order valence-corrected chi connectivity index (χ0v) is 5.28. The van der Waals surface area contributed by atoms with Crippen molar-refractivity contribution >= 4 is 11.8 Å². The van der Waals surface area contributed by atoms with E-state index in [0.717, 1.165) is 18.8 Å². The molecule has 1 spiro atoms. The van der Waals surface area contributed by atoms with Gasteiger partial charge >= 0.3 is 0 Å². The van der Waals surface area contributed by atoms with Crippen molar-refractivity contribution in [1.29, 1.82) is 0 Å². The van der Waals surface area contributed by atoms with E-state index in [1.54, 1.807) is 11.8 Å². The predicted octanol–water partition coefficient (Wildman–Crippen LogP) is 0.211. The summed E-state index contributed by atoms with van der Waals surface area (Å²) in [4.78, 5) is -0.125. The Labute approximate surface area is 52.2 Å². The van der Waals surface area contributed by atoms with Crippen molar-refractivity contribution in [2.75, 3.05) is 12.4 Å². The van der Waals surface area contributed by atoms with Crippen molar-refractivity contribution in [1.82, 2.24) is 0 Å². The van der Waals surface area contributed by atoms with Gasteiger partial charge in [-0.25, -0.2) is 0 Å². The van der Waals surface area contributed by atoms with Crippen LogP contribution in [0.4, 0.5) is 0 Å². The Hall–Kier alpha value is 0.270. The first kappa shape index (κ1) is 5.09. The molecule has 3 heteroatoms. The molecule has 1 N–H and O–H groups in total. The lowest BCUT2D eigenvalue weighted by molar-refractivity contribution is 0.0849. The van der Waals surface area contributed by atoms with Crippen LogP contribution in [-0.4, -0.2) is 28.5 Å². The van der Waals surface area contributed by atoms with Crippen LogP contribution in [0.15, 0.2) is 0 Å². The highest BCUT2D eigenvalue weighted by Crippen LogP contribution is 2.52. The van der Waals surface area contributed by atoms with E-state index in [2.05, 4.69) is 0 Å². The average molecular weight is 132 g/mol. The van der Waals surface area contributed by atoms with E-state index in [0.29, 0.717) is 0 Å². The van der Waals surface area contributed by atoms with Crippen molar-refractivity contribution < 1.29 is 9.84 Å². The Morgan fingerprint density at radius 1 is 1.75 bits per heavy atom. The highest BCUT2D eigenvalue weighted by Gasteiger charge is 2.57. The maximum absolute atomic E-state index is 8.97. The van der Waals surface area contributed by atoms with E-state index in [-0.39, 0.29) is 11.0 Å². The second kappa shape index (κ2) is 1.40. The third-order valence-corrected chi connectivity index (χ3v) is 3.02. The molecule has 2 nitrogen and oxygen atoms in total. The van der Waals surface area contributed by atoms with Crippen molar-refractivity contribution in [3.63, 3.8) is 0 Å².